The average Bonchev–Trinajstić information content (AvgIpc) is 3.21. The number of amides is 1. The monoisotopic (exact) mass is 527 g/mol. The lowest BCUT2D eigenvalue weighted by Crippen LogP contribution is -2.50. The maximum Gasteiger partial charge on any atom is 0.271 e. The zero-order valence-corrected chi connectivity index (χ0v) is 22.4. The fraction of sp³-hybridized carbons (Fsp3) is 0.429. The molecule has 0 bridgehead atoms. The van der Waals surface area contributed by atoms with E-state index >= 15 is 0 Å². The molecular weight excluding hydrogens is 493 g/mol. The maximum absolute atomic E-state index is 13.4. The van der Waals surface area contributed by atoms with Crippen molar-refractivity contribution in [3.8, 4) is 5.69 Å². The topological polar surface area (TPSA) is 73.6 Å². The van der Waals surface area contributed by atoms with Crippen LogP contribution in [0, 0.1) is 19.7 Å². The molecule has 1 amide bonds. The third-order valence-corrected chi connectivity index (χ3v) is 7.28. The van der Waals surface area contributed by atoms with Crippen LogP contribution in [-0.2, 0) is 6.42 Å². The lowest BCUT2D eigenvalue weighted by atomic mass is 10.1. The molecule has 4 rings (SSSR count). The van der Waals surface area contributed by atoms with Crippen LogP contribution in [0.25, 0.3) is 5.69 Å². The number of hydrogen-bond donors (Lipinski definition) is 2. The largest absolute Gasteiger partial charge is 0.390 e. The summed E-state index contributed by atoms with van der Waals surface area (Å²) in [5.74, 6) is 0.118. The van der Waals surface area contributed by atoms with E-state index in [0.717, 1.165) is 60.4 Å². The van der Waals surface area contributed by atoms with Crippen LogP contribution in [0.15, 0.2) is 42.5 Å². The number of imidazole rings is 1. The minimum absolute atomic E-state index is 0.137. The average molecular weight is 528 g/mol. The number of hydrogen-bond acceptors (Lipinski definition) is 5. The number of aliphatic hydroxyl groups excluding tert-OH is 1. The van der Waals surface area contributed by atoms with Crippen molar-refractivity contribution in [3.63, 3.8) is 0 Å². The molecule has 1 atom stereocenters. The standard InChI is InChI=1S/C28H35ClFN5O2/c1-4-6-26-32-27(20(3)35(26)22-11-9-21(30)10-12-22)28(37)31-17-23(36)18-33-13-15-34(16-14-33)25-8-5-7-24(29)19(25)2/h5,7-12,23,36H,4,6,13-18H2,1-3H3,(H,31,37). The number of aromatic nitrogens is 2. The van der Waals surface area contributed by atoms with E-state index in [9.17, 15) is 14.3 Å². The van der Waals surface area contributed by atoms with E-state index in [1.807, 2.05) is 37.5 Å². The van der Waals surface area contributed by atoms with E-state index in [0.29, 0.717) is 24.4 Å². The minimum atomic E-state index is -0.696. The summed E-state index contributed by atoms with van der Waals surface area (Å²) in [4.78, 5) is 22.1. The number of aliphatic hydroxyl groups is 1. The lowest BCUT2D eigenvalue weighted by Gasteiger charge is -2.37. The lowest BCUT2D eigenvalue weighted by molar-refractivity contribution is 0.0847. The minimum Gasteiger partial charge on any atom is -0.390 e. The third kappa shape index (κ3) is 6.32. The van der Waals surface area contributed by atoms with E-state index in [1.54, 1.807) is 12.1 Å². The maximum atomic E-state index is 13.4. The Morgan fingerprint density at radius 3 is 2.51 bits per heavy atom. The fourth-order valence-electron chi connectivity index (χ4n) is 4.87. The Kier molecular flexibility index (Phi) is 8.84. The number of benzene rings is 2. The van der Waals surface area contributed by atoms with Gasteiger partial charge in [-0.25, -0.2) is 9.37 Å². The molecule has 0 spiro atoms. The number of nitrogens with zero attached hydrogens (tertiary/aromatic N) is 4. The SMILES string of the molecule is CCCc1nc(C(=O)NCC(O)CN2CCN(c3cccc(Cl)c3C)CC2)c(C)n1-c1ccc(F)cc1. The van der Waals surface area contributed by atoms with Crippen molar-refractivity contribution in [1.82, 2.24) is 19.8 Å². The summed E-state index contributed by atoms with van der Waals surface area (Å²) in [6.45, 7) is 9.86. The number of aryl methyl sites for hydroxylation is 1. The smallest absolute Gasteiger partial charge is 0.271 e. The number of piperazine rings is 1. The molecule has 198 valence electrons. The first kappa shape index (κ1) is 27.1. The Labute approximate surface area is 222 Å². The molecular formula is C28H35ClFN5O2. The van der Waals surface area contributed by atoms with Crippen LogP contribution in [0.3, 0.4) is 0 Å². The highest BCUT2D eigenvalue weighted by atomic mass is 35.5. The van der Waals surface area contributed by atoms with Gasteiger partial charge in [0.25, 0.3) is 5.91 Å². The molecule has 1 saturated heterocycles. The van der Waals surface area contributed by atoms with Gasteiger partial charge in [-0.1, -0.05) is 24.6 Å². The molecule has 2 heterocycles. The highest BCUT2D eigenvalue weighted by Gasteiger charge is 2.23. The quantitative estimate of drug-likeness (QED) is 0.437. The summed E-state index contributed by atoms with van der Waals surface area (Å²) in [6, 6.07) is 12.1. The van der Waals surface area contributed by atoms with Crippen molar-refractivity contribution < 1.29 is 14.3 Å². The molecule has 0 radical (unpaired) electrons. The van der Waals surface area contributed by atoms with Gasteiger partial charge in [-0.3, -0.25) is 9.69 Å². The van der Waals surface area contributed by atoms with Crippen molar-refractivity contribution in [2.75, 3.05) is 44.2 Å². The normalized spacial score (nSPS) is 15.1. The molecule has 1 aliphatic rings. The number of β-amino-alcohol motifs (C(OH)–C–C–N with tert-alkyl or cyclic N) is 1. The zero-order valence-electron chi connectivity index (χ0n) is 21.7. The molecule has 1 fully saturated rings. The number of anilines is 1. The summed E-state index contributed by atoms with van der Waals surface area (Å²) in [5.41, 5.74) is 4.01. The van der Waals surface area contributed by atoms with Crippen molar-refractivity contribution in [1.29, 1.82) is 0 Å². The predicted molar refractivity (Wildman–Crippen MR) is 145 cm³/mol. The van der Waals surface area contributed by atoms with Gasteiger partial charge < -0.3 is 19.9 Å². The predicted octanol–water partition coefficient (Wildman–Crippen LogP) is 4.15. The Morgan fingerprint density at radius 1 is 1.14 bits per heavy atom. The van der Waals surface area contributed by atoms with Gasteiger partial charge in [0.2, 0.25) is 0 Å². The number of carbonyl (C=O) groups excluding carboxylic acids is 1. The van der Waals surface area contributed by atoms with Crippen LogP contribution in [0.1, 0.15) is 40.9 Å². The van der Waals surface area contributed by atoms with Gasteiger partial charge >= 0.3 is 0 Å². The van der Waals surface area contributed by atoms with Gasteiger partial charge in [0.05, 0.1) is 11.8 Å². The Bertz CT molecular complexity index is 1220. The molecule has 3 aromatic rings. The van der Waals surface area contributed by atoms with Crippen molar-refractivity contribution in [2.45, 2.75) is 39.7 Å². The first-order chi connectivity index (χ1) is 17.8. The van der Waals surface area contributed by atoms with E-state index in [4.69, 9.17) is 11.6 Å². The molecule has 7 nitrogen and oxygen atoms in total. The molecule has 9 heteroatoms. The van der Waals surface area contributed by atoms with Gasteiger partial charge in [0.1, 0.15) is 17.3 Å². The Hall–Kier alpha value is -2.94. The molecule has 1 unspecified atom stereocenters. The molecule has 0 aliphatic carbocycles. The second-order valence-electron chi connectivity index (χ2n) is 9.56. The van der Waals surface area contributed by atoms with Crippen LogP contribution in [-0.4, -0.2) is 70.8 Å². The van der Waals surface area contributed by atoms with Crippen molar-refractivity contribution >= 4 is 23.2 Å². The molecule has 1 aliphatic heterocycles. The van der Waals surface area contributed by atoms with Crippen molar-refractivity contribution in [2.24, 2.45) is 0 Å². The second-order valence-corrected chi connectivity index (χ2v) is 9.97. The first-order valence-electron chi connectivity index (χ1n) is 12.8. The second kappa shape index (κ2) is 12.1. The number of carbonyl (C=O) groups is 1. The van der Waals surface area contributed by atoms with Crippen LogP contribution in [0.5, 0.6) is 0 Å². The summed E-state index contributed by atoms with van der Waals surface area (Å²) in [7, 11) is 0. The van der Waals surface area contributed by atoms with Crippen LogP contribution < -0.4 is 10.2 Å². The van der Waals surface area contributed by atoms with E-state index in [2.05, 4.69) is 26.2 Å². The number of halogens is 2. The Balaban J connectivity index is 1.33. The molecule has 2 aromatic carbocycles. The summed E-state index contributed by atoms with van der Waals surface area (Å²) in [5, 5.41) is 14.2. The molecule has 37 heavy (non-hydrogen) atoms. The number of nitrogens with one attached hydrogen (secondary N) is 1. The van der Waals surface area contributed by atoms with E-state index < -0.39 is 6.10 Å². The van der Waals surface area contributed by atoms with Crippen LogP contribution in [0.2, 0.25) is 5.02 Å². The summed E-state index contributed by atoms with van der Waals surface area (Å²) < 4.78 is 15.3. The molecule has 0 saturated carbocycles. The van der Waals surface area contributed by atoms with Gasteiger partial charge in [0.15, 0.2) is 0 Å². The highest BCUT2D eigenvalue weighted by Crippen LogP contribution is 2.27. The van der Waals surface area contributed by atoms with E-state index in [1.165, 1.54) is 12.1 Å². The van der Waals surface area contributed by atoms with Gasteiger partial charge in [0, 0.05) is 62.1 Å². The van der Waals surface area contributed by atoms with Gasteiger partial charge in [-0.15, -0.1) is 0 Å². The molecule has 2 N–H and O–H groups in total. The van der Waals surface area contributed by atoms with Gasteiger partial charge in [-0.05, 0) is 62.2 Å². The van der Waals surface area contributed by atoms with E-state index in [-0.39, 0.29) is 18.3 Å². The Morgan fingerprint density at radius 2 is 1.84 bits per heavy atom. The van der Waals surface area contributed by atoms with Crippen molar-refractivity contribution in [3.05, 3.63) is 76.1 Å². The van der Waals surface area contributed by atoms with Crippen LogP contribution >= 0.6 is 11.6 Å². The van der Waals surface area contributed by atoms with Gasteiger partial charge in [-0.2, -0.15) is 0 Å². The third-order valence-electron chi connectivity index (χ3n) is 6.87. The summed E-state index contributed by atoms with van der Waals surface area (Å²) in [6.07, 6.45) is 0.856. The fourth-order valence-corrected chi connectivity index (χ4v) is 5.04. The molecule has 1 aromatic heterocycles. The first-order valence-corrected chi connectivity index (χ1v) is 13.2. The zero-order chi connectivity index (χ0) is 26.5. The highest BCUT2D eigenvalue weighted by molar-refractivity contribution is 6.31. The number of rotatable bonds is 9. The van der Waals surface area contributed by atoms with Crippen LogP contribution in [0.4, 0.5) is 10.1 Å². The summed E-state index contributed by atoms with van der Waals surface area (Å²) >= 11 is 6.28.